The second kappa shape index (κ2) is 4.80. The maximum atomic E-state index is 4.38. The van der Waals surface area contributed by atoms with Crippen LogP contribution >= 0.6 is 0 Å². The van der Waals surface area contributed by atoms with Gasteiger partial charge in [0.15, 0.2) is 5.65 Å². The summed E-state index contributed by atoms with van der Waals surface area (Å²) in [6, 6.07) is 1.99. The third-order valence-corrected chi connectivity index (χ3v) is 3.85. The van der Waals surface area contributed by atoms with Gasteiger partial charge in [-0.05, 0) is 25.0 Å². The van der Waals surface area contributed by atoms with Gasteiger partial charge in [-0.3, -0.25) is 5.10 Å². The van der Waals surface area contributed by atoms with Crippen molar-refractivity contribution in [2.45, 2.75) is 20.3 Å². The van der Waals surface area contributed by atoms with Crippen molar-refractivity contribution in [3.8, 4) is 0 Å². The zero-order valence-electron chi connectivity index (χ0n) is 12.3. The van der Waals surface area contributed by atoms with Crippen LogP contribution in [0.15, 0.2) is 24.8 Å². The number of aromatic amines is 2. The molecule has 0 aromatic carbocycles. The lowest BCUT2D eigenvalue weighted by Crippen LogP contribution is -1.96. The average molecular weight is 293 g/mol. The zero-order chi connectivity index (χ0) is 15.1. The van der Waals surface area contributed by atoms with E-state index in [1.807, 2.05) is 6.07 Å². The van der Waals surface area contributed by atoms with Crippen molar-refractivity contribution in [2.24, 2.45) is 0 Å². The number of nitrogens with zero attached hydrogens (tertiary/aromatic N) is 4. The van der Waals surface area contributed by atoms with E-state index in [0.717, 1.165) is 40.0 Å². The first-order valence-electron chi connectivity index (χ1n) is 7.14. The molecule has 110 valence electrons. The molecule has 0 aliphatic heterocycles. The van der Waals surface area contributed by atoms with Gasteiger partial charge in [0.2, 0.25) is 0 Å². The van der Waals surface area contributed by atoms with Crippen LogP contribution in [0, 0.1) is 6.92 Å². The largest absolute Gasteiger partial charge is 0.343 e. The number of pyridine rings is 1. The number of hydrogen-bond donors (Lipinski definition) is 3. The highest BCUT2D eigenvalue weighted by molar-refractivity contribution is 5.93. The fourth-order valence-corrected chi connectivity index (χ4v) is 2.71. The molecule has 0 bridgehead atoms. The Morgan fingerprint density at radius 3 is 2.91 bits per heavy atom. The van der Waals surface area contributed by atoms with Crippen LogP contribution in [0.5, 0.6) is 0 Å². The number of nitrogens with one attached hydrogen (secondary N) is 3. The van der Waals surface area contributed by atoms with E-state index >= 15 is 0 Å². The van der Waals surface area contributed by atoms with Crippen LogP contribution in [0.1, 0.15) is 18.2 Å². The first-order valence-corrected chi connectivity index (χ1v) is 7.14. The van der Waals surface area contributed by atoms with Gasteiger partial charge in [-0.25, -0.2) is 15.0 Å². The minimum Gasteiger partial charge on any atom is -0.343 e. The summed E-state index contributed by atoms with van der Waals surface area (Å²) in [4.78, 5) is 16.4. The van der Waals surface area contributed by atoms with Crippen LogP contribution in [0.25, 0.3) is 22.1 Å². The van der Waals surface area contributed by atoms with E-state index in [4.69, 9.17) is 0 Å². The molecule has 7 heteroatoms. The normalized spacial score (nSPS) is 11.4. The summed E-state index contributed by atoms with van der Waals surface area (Å²) in [7, 11) is 0. The summed E-state index contributed by atoms with van der Waals surface area (Å²) >= 11 is 0. The molecule has 0 radical (unpaired) electrons. The number of fused-ring (bicyclic) bond motifs is 2. The van der Waals surface area contributed by atoms with Crippen LogP contribution in [-0.2, 0) is 6.42 Å². The SMILES string of the molecule is CCc1[nH]c2ncnc(Nc3cnc4[nH]ncc4c3)c2c1C. The highest BCUT2D eigenvalue weighted by atomic mass is 15.1. The molecule has 0 unspecified atom stereocenters. The number of H-pyrrole nitrogens is 2. The number of hydrogen-bond acceptors (Lipinski definition) is 5. The topological polar surface area (TPSA) is 95.2 Å². The molecular formula is C15H15N7. The van der Waals surface area contributed by atoms with Crippen molar-refractivity contribution in [3.63, 3.8) is 0 Å². The molecule has 0 saturated heterocycles. The monoisotopic (exact) mass is 293 g/mol. The molecule has 4 aromatic heterocycles. The van der Waals surface area contributed by atoms with Gasteiger partial charge in [0.05, 0.1) is 23.5 Å². The maximum Gasteiger partial charge on any atom is 0.155 e. The van der Waals surface area contributed by atoms with Gasteiger partial charge in [-0.15, -0.1) is 0 Å². The van der Waals surface area contributed by atoms with E-state index in [2.05, 4.69) is 49.3 Å². The Hall–Kier alpha value is -2.96. The first kappa shape index (κ1) is 12.8. The summed E-state index contributed by atoms with van der Waals surface area (Å²) < 4.78 is 0. The summed E-state index contributed by atoms with van der Waals surface area (Å²) in [5.74, 6) is 0.781. The van der Waals surface area contributed by atoms with Crippen molar-refractivity contribution in [1.29, 1.82) is 0 Å². The Morgan fingerprint density at radius 2 is 2.05 bits per heavy atom. The Morgan fingerprint density at radius 1 is 1.14 bits per heavy atom. The zero-order valence-corrected chi connectivity index (χ0v) is 12.3. The van der Waals surface area contributed by atoms with E-state index in [0.29, 0.717) is 0 Å². The molecule has 0 aliphatic rings. The predicted molar refractivity (Wildman–Crippen MR) is 85.2 cm³/mol. The minimum atomic E-state index is 0.768. The van der Waals surface area contributed by atoms with Crippen LogP contribution in [0.4, 0.5) is 11.5 Å². The molecule has 3 N–H and O–H groups in total. The Balaban J connectivity index is 1.81. The maximum absolute atomic E-state index is 4.38. The van der Waals surface area contributed by atoms with Crippen molar-refractivity contribution in [3.05, 3.63) is 36.0 Å². The molecule has 0 amide bonds. The highest BCUT2D eigenvalue weighted by Gasteiger charge is 2.13. The van der Waals surface area contributed by atoms with Gasteiger partial charge in [-0.2, -0.15) is 5.10 Å². The molecule has 7 nitrogen and oxygen atoms in total. The van der Waals surface area contributed by atoms with E-state index in [-0.39, 0.29) is 0 Å². The fraction of sp³-hybridized carbons (Fsp3) is 0.200. The summed E-state index contributed by atoms with van der Waals surface area (Å²) in [5, 5.41) is 12.1. The summed E-state index contributed by atoms with van der Waals surface area (Å²) in [6.45, 7) is 4.21. The third kappa shape index (κ3) is 1.90. The minimum absolute atomic E-state index is 0.768. The van der Waals surface area contributed by atoms with Gasteiger partial charge >= 0.3 is 0 Å². The second-order valence-corrected chi connectivity index (χ2v) is 5.18. The molecule has 4 rings (SSSR count). The molecule has 4 aromatic rings. The van der Waals surface area contributed by atoms with Crippen molar-refractivity contribution in [2.75, 3.05) is 5.32 Å². The van der Waals surface area contributed by atoms with Gasteiger partial charge in [0.1, 0.15) is 17.8 Å². The summed E-state index contributed by atoms with van der Waals surface area (Å²) in [6.07, 6.45) is 6.00. The molecule has 22 heavy (non-hydrogen) atoms. The quantitative estimate of drug-likeness (QED) is 0.540. The third-order valence-electron chi connectivity index (χ3n) is 3.85. The molecule has 0 aliphatic carbocycles. The van der Waals surface area contributed by atoms with E-state index in [1.54, 1.807) is 18.7 Å². The lowest BCUT2D eigenvalue weighted by molar-refractivity contribution is 1.05. The highest BCUT2D eigenvalue weighted by Crippen LogP contribution is 2.28. The first-order chi connectivity index (χ1) is 10.8. The Bertz CT molecular complexity index is 967. The van der Waals surface area contributed by atoms with Gasteiger partial charge in [0, 0.05) is 11.1 Å². The van der Waals surface area contributed by atoms with E-state index < -0.39 is 0 Å². The molecular weight excluding hydrogens is 278 g/mol. The number of aryl methyl sites for hydroxylation is 2. The van der Waals surface area contributed by atoms with Crippen molar-refractivity contribution >= 4 is 33.6 Å². The van der Waals surface area contributed by atoms with Crippen LogP contribution in [0.3, 0.4) is 0 Å². The molecule has 4 heterocycles. The van der Waals surface area contributed by atoms with Crippen molar-refractivity contribution < 1.29 is 0 Å². The van der Waals surface area contributed by atoms with Crippen molar-refractivity contribution in [1.82, 2.24) is 30.1 Å². The standard InChI is InChI=1S/C15H15N7/c1-3-11-8(2)12-14(17-7-18-15(12)21-11)20-10-4-9-5-19-22-13(9)16-6-10/h4-7H,3H2,1-2H3,(H,16,19,22)(H2,17,18,20,21). The van der Waals surface area contributed by atoms with E-state index in [1.165, 1.54) is 11.3 Å². The second-order valence-electron chi connectivity index (χ2n) is 5.18. The lowest BCUT2D eigenvalue weighted by Gasteiger charge is -2.06. The van der Waals surface area contributed by atoms with Gasteiger partial charge < -0.3 is 10.3 Å². The smallest absolute Gasteiger partial charge is 0.155 e. The number of anilines is 2. The molecule has 0 atom stereocenters. The Kier molecular flexibility index (Phi) is 2.78. The number of aromatic nitrogens is 6. The van der Waals surface area contributed by atoms with Crippen LogP contribution in [0.2, 0.25) is 0 Å². The predicted octanol–water partition coefficient (Wildman–Crippen LogP) is 2.84. The molecule has 0 spiro atoms. The Labute approximate surface area is 126 Å². The van der Waals surface area contributed by atoms with Crippen LogP contribution < -0.4 is 5.32 Å². The molecule has 0 fully saturated rings. The average Bonchev–Trinajstić information content (AvgIpc) is 3.12. The van der Waals surface area contributed by atoms with E-state index in [9.17, 15) is 0 Å². The lowest BCUT2D eigenvalue weighted by atomic mass is 10.1. The number of rotatable bonds is 3. The fourth-order valence-electron chi connectivity index (χ4n) is 2.71. The molecule has 0 saturated carbocycles. The van der Waals surface area contributed by atoms with Crippen LogP contribution in [-0.4, -0.2) is 30.1 Å². The van der Waals surface area contributed by atoms with Gasteiger partial charge in [-0.1, -0.05) is 6.92 Å². The van der Waals surface area contributed by atoms with Gasteiger partial charge in [0.25, 0.3) is 0 Å². The summed E-state index contributed by atoms with van der Waals surface area (Å²) in [5.41, 5.74) is 4.85.